The van der Waals surface area contributed by atoms with Gasteiger partial charge in [0.15, 0.2) is 0 Å². The van der Waals surface area contributed by atoms with Crippen LogP contribution in [0.25, 0.3) is 0 Å². The van der Waals surface area contributed by atoms with Crippen molar-refractivity contribution in [2.75, 3.05) is 18.5 Å². The number of hydrogen-bond acceptors (Lipinski definition) is 3. The predicted octanol–water partition coefficient (Wildman–Crippen LogP) is 3.32. The summed E-state index contributed by atoms with van der Waals surface area (Å²) in [5, 5.41) is 0. The summed E-state index contributed by atoms with van der Waals surface area (Å²) in [5.74, 6) is 5.58. The molecular formula is C17H27N3O. The molecule has 0 radical (unpaired) electrons. The molecule has 0 aliphatic carbocycles. The molecule has 0 aromatic heterocycles. The van der Waals surface area contributed by atoms with E-state index < -0.39 is 0 Å². The lowest BCUT2D eigenvalue weighted by atomic mass is 9.74. The summed E-state index contributed by atoms with van der Waals surface area (Å²) in [6, 6.07) is 5.64. The van der Waals surface area contributed by atoms with E-state index in [2.05, 4.69) is 19.3 Å². The van der Waals surface area contributed by atoms with Gasteiger partial charge in [-0.15, -0.1) is 0 Å². The molecule has 4 nitrogen and oxygen atoms in total. The molecule has 116 valence electrons. The first-order chi connectivity index (χ1) is 10.0. The van der Waals surface area contributed by atoms with E-state index >= 15 is 0 Å². The summed E-state index contributed by atoms with van der Waals surface area (Å²) in [7, 11) is 0. The van der Waals surface area contributed by atoms with Crippen LogP contribution in [0.1, 0.15) is 55.5 Å². The summed E-state index contributed by atoms with van der Waals surface area (Å²) in [6.07, 6.45) is 4.66. The van der Waals surface area contributed by atoms with Crippen molar-refractivity contribution in [2.45, 2.75) is 46.5 Å². The zero-order chi connectivity index (χ0) is 15.5. The second-order valence-electron chi connectivity index (χ2n) is 6.17. The van der Waals surface area contributed by atoms with Crippen LogP contribution in [0.5, 0.6) is 0 Å². The number of anilines is 1. The van der Waals surface area contributed by atoms with Gasteiger partial charge >= 0.3 is 0 Å². The number of piperidine rings is 1. The predicted molar refractivity (Wildman–Crippen MR) is 87.1 cm³/mol. The average Bonchev–Trinajstić information content (AvgIpc) is 2.54. The van der Waals surface area contributed by atoms with Gasteiger partial charge in [-0.05, 0) is 48.9 Å². The average molecular weight is 289 g/mol. The molecule has 1 aliphatic rings. The molecule has 1 fully saturated rings. The van der Waals surface area contributed by atoms with Gasteiger partial charge < -0.3 is 10.3 Å². The number of nitrogen functional groups attached to an aromatic ring is 1. The van der Waals surface area contributed by atoms with Crippen molar-refractivity contribution in [1.29, 1.82) is 0 Å². The molecule has 2 rings (SSSR count). The van der Waals surface area contributed by atoms with E-state index in [-0.39, 0.29) is 5.91 Å². The molecule has 4 heteroatoms. The van der Waals surface area contributed by atoms with Crippen LogP contribution in [0, 0.1) is 12.3 Å². The number of hydrogen-bond donors (Lipinski definition) is 2. The van der Waals surface area contributed by atoms with Crippen LogP contribution in [0.2, 0.25) is 0 Å². The number of amides is 1. The Kier molecular flexibility index (Phi) is 4.88. The van der Waals surface area contributed by atoms with Gasteiger partial charge in [-0.3, -0.25) is 10.6 Å². The Morgan fingerprint density at radius 1 is 1.29 bits per heavy atom. The summed E-state index contributed by atoms with van der Waals surface area (Å²) < 4.78 is 0. The van der Waals surface area contributed by atoms with E-state index in [0.29, 0.717) is 5.41 Å². The number of carbonyl (C=O) groups excluding carboxylic acids is 1. The number of likely N-dealkylation sites (tertiary alicyclic amines) is 1. The maximum absolute atomic E-state index is 12.6. The smallest absolute Gasteiger partial charge is 0.253 e. The maximum atomic E-state index is 12.6. The van der Waals surface area contributed by atoms with E-state index in [9.17, 15) is 4.79 Å². The van der Waals surface area contributed by atoms with Gasteiger partial charge in [0, 0.05) is 18.7 Å². The van der Waals surface area contributed by atoms with Crippen molar-refractivity contribution in [3.63, 3.8) is 0 Å². The monoisotopic (exact) mass is 289 g/mol. The lowest BCUT2D eigenvalue weighted by Crippen LogP contribution is -2.42. The molecule has 1 saturated heterocycles. The first kappa shape index (κ1) is 15.8. The van der Waals surface area contributed by atoms with Crippen LogP contribution in [-0.4, -0.2) is 23.9 Å². The minimum atomic E-state index is 0.141. The first-order valence-electron chi connectivity index (χ1n) is 7.92. The molecule has 1 amide bonds. The molecule has 0 unspecified atom stereocenters. The number of hydrazine groups is 1. The van der Waals surface area contributed by atoms with Crippen molar-refractivity contribution in [3.8, 4) is 0 Å². The number of nitrogens with two attached hydrogens (primary N) is 1. The fourth-order valence-corrected chi connectivity index (χ4v) is 3.28. The SMILES string of the molecule is CCC1(CC)CCN(C(=O)c2ccc(NN)c(C)c2)CC1. The van der Waals surface area contributed by atoms with Crippen molar-refractivity contribution >= 4 is 11.6 Å². The molecule has 0 spiro atoms. The minimum Gasteiger partial charge on any atom is -0.339 e. The minimum absolute atomic E-state index is 0.141. The highest BCUT2D eigenvalue weighted by atomic mass is 16.2. The van der Waals surface area contributed by atoms with Crippen molar-refractivity contribution in [3.05, 3.63) is 29.3 Å². The molecule has 0 bridgehead atoms. The lowest BCUT2D eigenvalue weighted by molar-refractivity contribution is 0.0557. The first-order valence-corrected chi connectivity index (χ1v) is 7.92. The third-order valence-corrected chi connectivity index (χ3v) is 5.24. The van der Waals surface area contributed by atoms with E-state index in [1.165, 1.54) is 12.8 Å². The van der Waals surface area contributed by atoms with Crippen molar-refractivity contribution in [2.24, 2.45) is 11.3 Å². The fraction of sp³-hybridized carbons (Fsp3) is 0.588. The van der Waals surface area contributed by atoms with Crippen LogP contribution >= 0.6 is 0 Å². The molecule has 1 aliphatic heterocycles. The summed E-state index contributed by atoms with van der Waals surface area (Å²) in [4.78, 5) is 14.6. The normalized spacial score (nSPS) is 17.6. The van der Waals surface area contributed by atoms with Gasteiger partial charge in [-0.25, -0.2) is 0 Å². The summed E-state index contributed by atoms with van der Waals surface area (Å²) in [6.45, 7) is 8.24. The lowest BCUT2D eigenvalue weighted by Gasteiger charge is -2.41. The van der Waals surface area contributed by atoms with Crippen LogP contribution in [-0.2, 0) is 0 Å². The largest absolute Gasteiger partial charge is 0.339 e. The third-order valence-electron chi connectivity index (χ3n) is 5.24. The zero-order valence-corrected chi connectivity index (χ0v) is 13.4. The Labute approximate surface area is 127 Å². The van der Waals surface area contributed by atoms with E-state index in [4.69, 9.17) is 5.84 Å². The number of rotatable bonds is 4. The Hall–Kier alpha value is -1.55. The highest BCUT2D eigenvalue weighted by Gasteiger charge is 2.33. The second kappa shape index (κ2) is 6.48. The van der Waals surface area contributed by atoms with Crippen molar-refractivity contribution in [1.82, 2.24) is 4.90 Å². The molecular weight excluding hydrogens is 262 g/mol. The molecule has 0 atom stereocenters. The molecule has 1 aromatic carbocycles. The summed E-state index contributed by atoms with van der Waals surface area (Å²) >= 11 is 0. The fourth-order valence-electron chi connectivity index (χ4n) is 3.28. The van der Waals surface area contributed by atoms with Gasteiger partial charge in [0.2, 0.25) is 0 Å². The Morgan fingerprint density at radius 3 is 2.38 bits per heavy atom. The number of nitrogens with zero attached hydrogens (tertiary/aromatic N) is 1. The van der Waals surface area contributed by atoms with Gasteiger partial charge in [0.1, 0.15) is 0 Å². The van der Waals surface area contributed by atoms with Gasteiger partial charge in [0.25, 0.3) is 5.91 Å². The number of aryl methyl sites for hydroxylation is 1. The number of nitrogens with one attached hydrogen (secondary N) is 1. The van der Waals surface area contributed by atoms with Gasteiger partial charge in [-0.1, -0.05) is 26.7 Å². The van der Waals surface area contributed by atoms with Crippen LogP contribution in [0.4, 0.5) is 5.69 Å². The molecule has 0 saturated carbocycles. The van der Waals surface area contributed by atoms with E-state index in [1.807, 2.05) is 30.0 Å². The van der Waals surface area contributed by atoms with E-state index in [1.54, 1.807) is 0 Å². The molecule has 21 heavy (non-hydrogen) atoms. The Morgan fingerprint density at radius 2 is 1.90 bits per heavy atom. The summed E-state index contributed by atoms with van der Waals surface area (Å²) in [5.41, 5.74) is 5.70. The number of carbonyl (C=O) groups is 1. The zero-order valence-electron chi connectivity index (χ0n) is 13.4. The Balaban J connectivity index is 2.07. The van der Waals surface area contributed by atoms with Crippen LogP contribution in [0.15, 0.2) is 18.2 Å². The molecule has 3 N–H and O–H groups in total. The third kappa shape index (κ3) is 3.21. The molecule has 1 heterocycles. The van der Waals surface area contributed by atoms with Gasteiger partial charge in [0.05, 0.1) is 5.69 Å². The van der Waals surface area contributed by atoms with Crippen molar-refractivity contribution < 1.29 is 4.79 Å². The quantitative estimate of drug-likeness (QED) is 0.660. The topological polar surface area (TPSA) is 58.4 Å². The number of benzene rings is 1. The Bertz CT molecular complexity index is 499. The van der Waals surface area contributed by atoms with Gasteiger partial charge in [-0.2, -0.15) is 0 Å². The highest BCUT2D eigenvalue weighted by molar-refractivity contribution is 5.95. The second-order valence-corrected chi connectivity index (χ2v) is 6.17. The van der Waals surface area contributed by atoms with Crippen LogP contribution in [0.3, 0.4) is 0 Å². The highest BCUT2D eigenvalue weighted by Crippen LogP contribution is 2.38. The standard InChI is InChI=1S/C17H27N3O/c1-4-17(5-2)8-10-20(11-9-17)16(21)14-6-7-15(19-18)13(3)12-14/h6-7,12,19H,4-5,8-11,18H2,1-3H3. The maximum Gasteiger partial charge on any atom is 0.253 e. The molecule has 1 aromatic rings. The van der Waals surface area contributed by atoms with Crippen LogP contribution < -0.4 is 11.3 Å². The van der Waals surface area contributed by atoms with E-state index in [0.717, 1.165) is 42.7 Å².